The van der Waals surface area contributed by atoms with E-state index in [2.05, 4.69) is 9.88 Å². The summed E-state index contributed by atoms with van der Waals surface area (Å²) in [5.74, 6) is 0.647. The second-order valence-electron chi connectivity index (χ2n) is 6.14. The molecule has 1 aromatic heterocycles. The van der Waals surface area contributed by atoms with Gasteiger partial charge in [0.1, 0.15) is 22.9 Å². The molecule has 1 N–H and O–H groups in total. The van der Waals surface area contributed by atoms with Gasteiger partial charge in [0.05, 0.1) is 19.8 Å². The highest BCUT2D eigenvalue weighted by atomic mass is 32.2. The van der Waals surface area contributed by atoms with Crippen molar-refractivity contribution in [3.63, 3.8) is 0 Å². The molecule has 0 aliphatic carbocycles. The second kappa shape index (κ2) is 7.67. The van der Waals surface area contributed by atoms with Gasteiger partial charge >= 0.3 is 0 Å². The van der Waals surface area contributed by atoms with Crippen LogP contribution in [0.1, 0.15) is 11.5 Å². The van der Waals surface area contributed by atoms with Gasteiger partial charge in [-0.05, 0) is 26.0 Å². The van der Waals surface area contributed by atoms with Gasteiger partial charge in [0, 0.05) is 18.3 Å². The van der Waals surface area contributed by atoms with Gasteiger partial charge in [0.25, 0.3) is 5.91 Å². The highest BCUT2D eigenvalue weighted by Crippen LogP contribution is 2.24. The number of amides is 1. The molecule has 146 valence electrons. The van der Waals surface area contributed by atoms with Gasteiger partial charge in [-0.25, -0.2) is 13.1 Å². The Morgan fingerprint density at radius 1 is 1.37 bits per heavy atom. The fourth-order valence-electron chi connectivity index (χ4n) is 2.91. The maximum absolute atomic E-state index is 12.5. The molecular formula is C17H21N3O6S. The van der Waals surface area contributed by atoms with Crippen molar-refractivity contribution in [2.24, 2.45) is 0 Å². The molecule has 0 spiro atoms. The first kappa shape index (κ1) is 19.3. The van der Waals surface area contributed by atoms with E-state index in [4.69, 9.17) is 14.0 Å². The molecule has 0 radical (unpaired) electrons. The number of nitrogens with one attached hydrogen (secondary N) is 1. The zero-order chi connectivity index (χ0) is 19.6. The number of anilines is 1. The van der Waals surface area contributed by atoms with E-state index in [0.717, 1.165) is 0 Å². The molecule has 2 aromatic rings. The summed E-state index contributed by atoms with van der Waals surface area (Å²) < 4.78 is 43.1. The van der Waals surface area contributed by atoms with Crippen molar-refractivity contribution in [1.82, 2.24) is 9.88 Å². The summed E-state index contributed by atoms with van der Waals surface area (Å²) in [5, 5.41) is 3.67. The van der Waals surface area contributed by atoms with Crippen LogP contribution >= 0.6 is 0 Å². The van der Waals surface area contributed by atoms with Crippen molar-refractivity contribution in [2.45, 2.75) is 24.8 Å². The third-order valence-corrected chi connectivity index (χ3v) is 5.90. The van der Waals surface area contributed by atoms with Gasteiger partial charge in [-0.2, -0.15) is 0 Å². The van der Waals surface area contributed by atoms with Crippen LogP contribution in [0.3, 0.4) is 0 Å². The van der Waals surface area contributed by atoms with Crippen molar-refractivity contribution >= 4 is 21.6 Å². The van der Waals surface area contributed by atoms with Crippen LogP contribution in [0.2, 0.25) is 0 Å². The summed E-state index contributed by atoms with van der Waals surface area (Å²) in [6.45, 7) is 3.20. The lowest BCUT2D eigenvalue weighted by Crippen LogP contribution is -2.50. The number of benzene rings is 1. The number of methoxy groups -OCH3 is 1. The monoisotopic (exact) mass is 395 g/mol. The molecular weight excluding hydrogens is 374 g/mol. The smallest absolute Gasteiger partial charge is 0.253 e. The number of sulfonamides is 1. The van der Waals surface area contributed by atoms with E-state index in [9.17, 15) is 13.2 Å². The molecule has 1 atom stereocenters. The van der Waals surface area contributed by atoms with Crippen LogP contribution in [-0.2, 0) is 19.6 Å². The lowest BCUT2D eigenvalue weighted by atomic mass is 10.2. The standard InChI is InChI=1S/C17H21N3O6S/c1-11-17(12(2)26-19-11)27(22,23)18-8-15-9-20(16(21)10-25-15)13-5-4-6-14(7-13)24-3/h4-7,15,18H,8-10H2,1-3H3. The Labute approximate surface area is 157 Å². The average Bonchev–Trinajstić information content (AvgIpc) is 3.00. The Hall–Kier alpha value is -2.43. The maximum Gasteiger partial charge on any atom is 0.253 e. The summed E-state index contributed by atoms with van der Waals surface area (Å²) in [5.41, 5.74) is 0.957. The molecule has 9 nitrogen and oxygen atoms in total. The number of rotatable bonds is 6. The normalized spacial score (nSPS) is 18.0. The van der Waals surface area contributed by atoms with E-state index < -0.39 is 16.1 Å². The quantitative estimate of drug-likeness (QED) is 0.777. The number of morpholine rings is 1. The molecule has 1 aliphatic heterocycles. The van der Waals surface area contributed by atoms with Gasteiger partial charge in [-0.3, -0.25) is 4.79 Å². The number of hydrogen-bond acceptors (Lipinski definition) is 7. The predicted octanol–water partition coefficient (Wildman–Crippen LogP) is 1.01. The molecule has 10 heteroatoms. The van der Waals surface area contributed by atoms with Crippen LogP contribution in [-0.4, -0.2) is 52.4 Å². The van der Waals surface area contributed by atoms with Crippen LogP contribution in [0.5, 0.6) is 5.75 Å². The minimum Gasteiger partial charge on any atom is -0.497 e. The molecule has 1 saturated heterocycles. The van der Waals surface area contributed by atoms with Gasteiger partial charge < -0.3 is 18.9 Å². The van der Waals surface area contributed by atoms with Gasteiger partial charge in [-0.1, -0.05) is 11.2 Å². The van der Waals surface area contributed by atoms with E-state index >= 15 is 0 Å². The van der Waals surface area contributed by atoms with Crippen molar-refractivity contribution in [2.75, 3.05) is 31.7 Å². The predicted molar refractivity (Wildman–Crippen MR) is 96.3 cm³/mol. The maximum atomic E-state index is 12.5. The Morgan fingerprint density at radius 3 is 2.81 bits per heavy atom. The number of nitrogens with zero attached hydrogens (tertiary/aromatic N) is 2. The van der Waals surface area contributed by atoms with Crippen LogP contribution in [0.4, 0.5) is 5.69 Å². The third kappa shape index (κ3) is 4.12. The first-order valence-electron chi connectivity index (χ1n) is 8.30. The number of carbonyl (C=O) groups is 1. The van der Waals surface area contributed by atoms with E-state index in [1.54, 1.807) is 43.2 Å². The summed E-state index contributed by atoms with van der Waals surface area (Å²) in [4.78, 5) is 13.8. The number of hydrogen-bond donors (Lipinski definition) is 1. The lowest BCUT2D eigenvalue weighted by Gasteiger charge is -2.33. The van der Waals surface area contributed by atoms with Crippen molar-refractivity contribution in [3.8, 4) is 5.75 Å². The van der Waals surface area contributed by atoms with Crippen molar-refractivity contribution in [1.29, 1.82) is 0 Å². The summed E-state index contributed by atoms with van der Waals surface area (Å²) in [6.07, 6.45) is -0.496. The highest BCUT2D eigenvalue weighted by molar-refractivity contribution is 7.89. The Bertz CT molecular complexity index is 920. The van der Waals surface area contributed by atoms with Crippen LogP contribution < -0.4 is 14.4 Å². The number of carbonyl (C=O) groups excluding carboxylic acids is 1. The highest BCUT2D eigenvalue weighted by Gasteiger charge is 2.30. The molecule has 27 heavy (non-hydrogen) atoms. The minimum atomic E-state index is -3.79. The lowest BCUT2D eigenvalue weighted by molar-refractivity contribution is -0.129. The summed E-state index contributed by atoms with van der Waals surface area (Å²) >= 11 is 0. The average molecular weight is 395 g/mol. The van der Waals surface area contributed by atoms with Gasteiger partial charge in [0.2, 0.25) is 10.0 Å². The Kier molecular flexibility index (Phi) is 5.49. The second-order valence-corrected chi connectivity index (χ2v) is 7.85. The molecule has 1 unspecified atom stereocenters. The number of ether oxygens (including phenoxy) is 2. The first-order chi connectivity index (χ1) is 12.8. The van der Waals surface area contributed by atoms with E-state index in [1.165, 1.54) is 6.92 Å². The molecule has 0 bridgehead atoms. The SMILES string of the molecule is COc1cccc(N2CC(CNS(=O)(=O)c3c(C)noc3C)OCC2=O)c1. The topological polar surface area (TPSA) is 111 Å². The van der Waals surface area contributed by atoms with Crippen LogP contribution in [0.15, 0.2) is 33.7 Å². The minimum absolute atomic E-state index is 0.0140. The fourth-order valence-corrected chi connectivity index (χ4v) is 4.30. The largest absolute Gasteiger partial charge is 0.497 e. The van der Waals surface area contributed by atoms with E-state index in [-0.39, 0.29) is 42.0 Å². The van der Waals surface area contributed by atoms with Gasteiger partial charge in [-0.15, -0.1) is 0 Å². The van der Waals surface area contributed by atoms with Crippen LogP contribution in [0, 0.1) is 13.8 Å². The zero-order valence-corrected chi connectivity index (χ0v) is 16.1. The zero-order valence-electron chi connectivity index (χ0n) is 15.3. The van der Waals surface area contributed by atoms with E-state index in [1.807, 2.05) is 0 Å². The molecule has 3 rings (SSSR count). The Balaban J connectivity index is 1.70. The molecule has 0 saturated carbocycles. The molecule has 1 aromatic carbocycles. The molecule has 1 amide bonds. The van der Waals surface area contributed by atoms with E-state index in [0.29, 0.717) is 11.4 Å². The van der Waals surface area contributed by atoms with Gasteiger partial charge in [0.15, 0.2) is 5.76 Å². The van der Waals surface area contributed by atoms with Crippen molar-refractivity contribution < 1.29 is 27.2 Å². The summed E-state index contributed by atoms with van der Waals surface area (Å²) in [6, 6.07) is 7.10. The summed E-state index contributed by atoms with van der Waals surface area (Å²) in [7, 11) is -2.25. The number of aryl methyl sites for hydroxylation is 2. The van der Waals surface area contributed by atoms with Crippen LogP contribution in [0.25, 0.3) is 0 Å². The molecule has 2 heterocycles. The number of aromatic nitrogens is 1. The molecule has 1 aliphatic rings. The van der Waals surface area contributed by atoms with Crippen molar-refractivity contribution in [3.05, 3.63) is 35.7 Å². The molecule has 1 fully saturated rings. The third-order valence-electron chi connectivity index (χ3n) is 4.23. The first-order valence-corrected chi connectivity index (χ1v) is 9.78. The Morgan fingerprint density at radius 2 is 2.15 bits per heavy atom. The fraction of sp³-hybridized carbons (Fsp3) is 0.412.